The van der Waals surface area contributed by atoms with Gasteiger partial charge in [0.1, 0.15) is 0 Å². The van der Waals surface area contributed by atoms with Crippen molar-refractivity contribution in [1.82, 2.24) is 0 Å². The molecule has 1 unspecified atom stereocenters. The molecule has 3 heteroatoms. The second-order valence-electron chi connectivity index (χ2n) is 4.12. The third kappa shape index (κ3) is 4.31. The number of methoxy groups -OCH3 is 2. The molecule has 1 rings (SSSR count). The Kier molecular flexibility index (Phi) is 6.10. The quantitative estimate of drug-likeness (QED) is 0.785. The lowest BCUT2D eigenvalue weighted by molar-refractivity contribution is 0.354. The normalized spacial score (nSPS) is 11.3. The third-order valence-corrected chi connectivity index (χ3v) is 2.76. The highest BCUT2D eigenvalue weighted by atomic mass is 16.5. The summed E-state index contributed by atoms with van der Waals surface area (Å²) in [5.41, 5.74) is 7.23. The van der Waals surface area contributed by atoms with E-state index in [9.17, 15) is 0 Å². The van der Waals surface area contributed by atoms with Crippen molar-refractivity contribution in [1.29, 1.82) is 0 Å². The van der Waals surface area contributed by atoms with Gasteiger partial charge in [-0.2, -0.15) is 0 Å². The minimum absolute atomic E-state index is 0.129. The van der Waals surface area contributed by atoms with Crippen LogP contribution < -0.4 is 15.2 Å². The predicted molar refractivity (Wildman–Crippen MR) is 73.9 cm³/mol. The maximum atomic E-state index is 6.07. The van der Waals surface area contributed by atoms with Crippen LogP contribution in [0.2, 0.25) is 0 Å². The van der Waals surface area contributed by atoms with Gasteiger partial charge in [0.25, 0.3) is 0 Å². The van der Waals surface area contributed by atoms with Gasteiger partial charge in [0.2, 0.25) is 0 Å². The Balaban J connectivity index is 2.63. The molecule has 1 aromatic carbocycles. The summed E-state index contributed by atoms with van der Waals surface area (Å²) in [4.78, 5) is 0. The van der Waals surface area contributed by atoms with Crippen molar-refractivity contribution >= 4 is 0 Å². The molecule has 2 N–H and O–H groups in total. The lowest BCUT2D eigenvalue weighted by Crippen LogP contribution is -2.22. The van der Waals surface area contributed by atoms with Crippen LogP contribution >= 0.6 is 0 Å². The molecule has 0 aromatic heterocycles. The maximum absolute atomic E-state index is 6.07. The standard InChI is InChI=1S/C15H21NO2/c1-4-5-6-7-13(16)10-12-8-9-14(17-2)15(11-12)18-3/h8-9,11,13H,6-7,10,16H2,1-3H3. The molecule has 0 aliphatic rings. The van der Waals surface area contributed by atoms with E-state index in [2.05, 4.69) is 11.8 Å². The van der Waals surface area contributed by atoms with Crippen LogP contribution in [0.3, 0.4) is 0 Å². The average molecular weight is 247 g/mol. The number of rotatable bonds is 6. The van der Waals surface area contributed by atoms with Crippen molar-refractivity contribution in [2.45, 2.75) is 32.2 Å². The molecule has 0 bridgehead atoms. The SMILES string of the molecule is CC#CCCC(N)Cc1ccc(OC)c(OC)c1. The van der Waals surface area contributed by atoms with Crippen LogP contribution in [-0.4, -0.2) is 20.3 Å². The molecule has 98 valence electrons. The van der Waals surface area contributed by atoms with Crippen molar-refractivity contribution in [3.63, 3.8) is 0 Å². The summed E-state index contributed by atoms with van der Waals surface area (Å²) in [7, 11) is 3.27. The molecule has 0 aliphatic carbocycles. The largest absolute Gasteiger partial charge is 0.493 e. The summed E-state index contributed by atoms with van der Waals surface area (Å²) in [6.45, 7) is 1.85. The van der Waals surface area contributed by atoms with E-state index in [1.165, 1.54) is 0 Å². The maximum Gasteiger partial charge on any atom is 0.160 e. The van der Waals surface area contributed by atoms with Gasteiger partial charge in [-0.05, 0) is 37.5 Å². The first-order chi connectivity index (χ1) is 8.71. The Hall–Kier alpha value is -1.66. The first-order valence-corrected chi connectivity index (χ1v) is 6.07. The zero-order chi connectivity index (χ0) is 13.4. The van der Waals surface area contributed by atoms with Crippen LogP contribution in [0.5, 0.6) is 11.5 Å². The van der Waals surface area contributed by atoms with Crippen LogP contribution in [0, 0.1) is 11.8 Å². The van der Waals surface area contributed by atoms with Gasteiger partial charge in [0.15, 0.2) is 11.5 Å². The van der Waals surface area contributed by atoms with Gasteiger partial charge in [0.05, 0.1) is 14.2 Å². The van der Waals surface area contributed by atoms with Crippen LogP contribution in [0.25, 0.3) is 0 Å². The minimum atomic E-state index is 0.129. The molecule has 0 heterocycles. The molecule has 0 saturated carbocycles. The van der Waals surface area contributed by atoms with Crippen LogP contribution in [0.15, 0.2) is 18.2 Å². The smallest absolute Gasteiger partial charge is 0.160 e. The molecule has 0 aliphatic heterocycles. The Morgan fingerprint density at radius 3 is 2.56 bits per heavy atom. The molecule has 1 atom stereocenters. The van der Waals surface area contributed by atoms with Crippen LogP contribution in [0.1, 0.15) is 25.3 Å². The van der Waals surface area contributed by atoms with E-state index in [0.29, 0.717) is 0 Å². The average Bonchev–Trinajstić information content (AvgIpc) is 2.39. The van der Waals surface area contributed by atoms with Gasteiger partial charge in [-0.25, -0.2) is 0 Å². The van der Waals surface area contributed by atoms with Gasteiger partial charge in [-0.1, -0.05) is 6.07 Å². The molecular formula is C15H21NO2. The lowest BCUT2D eigenvalue weighted by Gasteiger charge is -2.12. The van der Waals surface area contributed by atoms with Gasteiger partial charge in [-0.15, -0.1) is 11.8 Å². The first kappa shape index (κ1) is 14.4. The Bertz CT molecular complexity index is 432. The van der Waals surface area contributed by atoms with Gasteiger partial charge in [0, 0.05) is 12.5 Å². The summed E-state index contributed by atoms with van der Waals surface area (Å²) in [6.07, 6.45) is 2.59. The number of benzene rings is 1. The second kappa shape index (κ2) is 7.62. The Labute approximate surface area is 109 Å². The molecule has 0 saturated heterocycles. The molecule has 0 radical (unpaired) electrons. The summed E-state index contributed by atoms with van der Waals surface area (Å²) in [5.74, 6) is 7.40. The van der Waals surface area contributed by atoms with E-state index in [0.717, 1.165) is 36.3 Å². The highest BCUT2D eigenvalue weighted by Gasteiger charge is 2.08. The number of ether oxygens (including phenoxy) is 2. The van der Waals surface area contributed by atoms with Crippen molar-refractivity contribution in [3.05, 3.63) is 23.8 Å². The molecule has 0 fully saturated rings. The number of hydrogen-bond acceptors (Lipinski definition) is 3. The highest BCUT2D eigenvalue weighted by Crippen LogP contribution is 2.28. The highest BCUT2D eigenvalue weighted by molar-refractivity contribution is 5.43. The van der Waals surface area contributed by atoms with Crippen molar-refractivity contribution < 1.29 is 9.47 Å². The van der Waals surface area contributed by atoms with E-state index in [-0.39, 0.29) is 6.04 Å². The number of nitrogens with two attached hydrogens (primary N) is 1. The topological polar surface area (TPSA) is 44.5 Å². The zero-order valence-corrected chi connectivity index (χ0v) is 11.3. The van der Waals surface area contributed by atoms with E-state index < -0.39 is 0 Å². The Morgan fingerprint density at radius 2 is 1.94 bits per heavy atom. The van der Waals surface area contributed by atoms with E-state index >= 15 is 0 Å². The van der Waals surface area contributed by atoms with Crippen LogP contribution in [0.4, 0.5) is 0 Å². The molecule has 3 nitrogen and oxygen atoms in total. The van der Waals surface area contributed by atoms with E-state index in [4.69, 9.17) is 15.2 Å². The fraction of sp³-hybridized carbons (Fsp3) is 0.467. The first-order valence-electron chi connectivity index (χ1n) is 6.07. The van der Waals surface area contributed by atoms with Crippen molar-refractivity contribution in [3.8, 4) is 23.3 Å². The van der Waals surface area contributed by atoms with Crippen molar-refractivity contribution in [2.75, 3.05) is 14.2 Å². The van der Waals surface area contributed by atoms with Gasteiger partial charge < -0.3 is 15.2 Å². The number of hydrogen-bond donors (Lipinski definition) is 1. The Morgan fingerprint density at radius 1 is 1.22 bits per heavy atom. The summed E-state index contributed by atoms with van der Waals surface area (Å²) < 4.78 is 10.5. The summed E-state index contributed by atoms with van der Waals surface area (Å²) in [5, 5.41) is 0. The molecule has 0 amide bonds. The fourth-order valence-electron chi connectivity index (χ4n) is 1.79. The predicted octanol–water partition coefficient (Wildman–Crippen LogP) is 2.38. The van der Waals surface area contributed by atoms with Gasteiger partial charge in [-0.3, -0.25) is 0 Å². The van der Waals surface area contributed by atoms with E-state index in [1.54, 1.807) is 14.2 Å². The van der Waals surface area contributed by atoms with Crippen molar-refractivity contribution in [2.24, 2.45) is 5.73 Å². The summed E-state index contributed by atoms with van der Waals surface area (Å²) >= 11 is 0. The molecule has 18 heavy (non-hydrogen) atoms. The van der Waals surface area contributed by atoms with E-state index in [1.807, 2.05) is 25.1 Å². The second-order valence-corrected chi connectivity index (χ2v) is 4.12. The monoisotopic (exact) mass is 247 g/mol. The molecule has 0 spiro atoms. The van der Waals surface area contributed by atoms with Crippen LogP contribution in [-0.2, 0) is 6.42 Å². The third-order valence-electron chi connectivity index (χ3n) is 2.76. The molecular weight excluding hydrogens is 226 g/mol. The lowest BCUT2D eigenvalue weighted by atomic mass is 10.0. The molecule has 1 aromatic rings. The fourth-order valence-corrected chi connectivity index (χ4v) is 1.79. The minimum Gasteiger partial charge on any atom is -0.493 e. The van der Waals surface area contributed by atoms with Gasteiger partial charge >= 0.3 is 0 Å². The zero-order valence-electron chi connectivity index (χ0n) is 11.3. The summed E-state index contributed by atoms with van der Waals surface area (Å²) in [6, 6.07) is 6.04.